The molecule has 0 saturated heterocycles. The van der Waals surface area contributed by atoms with Crippen molar-refractivity contribution in [2.75, 3.05) is 11.9 Å². The first-order chi connectivity index (χ1) is 9.63. The van der Waals surface area contributed by atoms with E-state index in [0.29, 0.717) is 13.2 Å². The molecule has 20 heavy (non-hydrogen) atoms. The molecule has 1 heterocycles. The molecular weight excluding hydrogens is 254 g/mol. The van der Waals surface area contributed by atoms with Gasteiger partial charge in [-0.2, -0.15) is 5.10 Å². The smallest absolute Gasteiger partial charge is 0.124 e. The van der Waals surface area contributed by atoms with E-state index < -0.39 is 0 Å². The van der Waals surface area contributed by atoms with E-state index in [9.17, 15) is 5.11 Å². The van der Waals surface area contributed by atoms with Crippen molar-refractivity contribution in [3.05, 3.63) is 41.2 Å². The van der Waals surface area contributed by atoms with Crippen LogP contribution in [0.2, 0.25) is 0 Å². The number of nitrogens with zero attached hydrogens (tertiary/aromatic N) is 2. The summed E-state index contributed by atoms with van der Waals surface area (Å²) in [5.74, 6) is 0.734. The molecule has 0 fully saturated rings. The maximum atomic E-state index is 9.38. The molecule has 0 unspecified atom stereocenters. The van der Waals surface area contributed by atoms with Crippen LogP contribution in [0, 0.1) is 6.92 Å². The van der Waals surface area contributed by atoms with Crippen LogP contribution >= 0.6 is 0 Å². The zero-order valence-electron chi connectivity index (χ0n) is 12.2. The van der Waals surface area contributed by atoms with E-state index >= 15 is 0 Å². The quantitative estimate of drug-likeness (QED) is 0.848. The molecule has 2 N–H and O–H groups in total. The number of aryl methyl sites for hydroxylation is 2. The van der Waals surface area contributed by atoms with Crippen molar-refractivity contribution in [2.45, 2.75) is 27.0 Å². The Morgan fingerprint density at radius 3 is 2.75 bits per heavy atom. The molecule has 0 atom stereocenters. The minimum Gasteiger partial charge on any atom is -0.494 e. The molecule has 0 amide bonds. The summed E-state index contributed by atoms with van der Waals surface area (Å²) in [6.07, 6.45) is 2.00. The van der Waals surface area contributed by atoms with E-state index in [1.807, 2.05) is 50.0 Å². The number of benzene rings is 1. The molecule has 0 bridgehead atoms. The van der Waals surface area contributed by atoms with Crippen LogP contribution in [0.15, 0.2) is 24.4 Å². The Morgan fingerprint density at radius 2 is 2.15 bits per heavy atom. The first kappa shape index (κ1) is 14.4. The van der Waals surface area contributed by atoms with Gasteiger partial charge in [-0.15, -0.1) is 0 Å². The number of nitrogens with one attached hydrogen (secondary N) is 1. The summed E-state index contributed by atoms with van der Waals surface area (Å²) < 4.78 is 7.28. The molecule has 5 heteroatoms. The molecule has 1 aromatic heterocycles. The van der Waals surface area contributed by atoms with Crippen LogP contribution in [-0.4, -0.2) is 21.5 Å². The molecule has 0 radical (unpaired) electrons. The Labute approximate surface area is 119 Å². The lowest BCUT2D eigenvalue weighted by molar-refractivity contribution is 0.267. The summed E-state index contributed by atoms with van der Waals surface area (Å²) in [7, 11) is 1.91. The Balaban J connectivity index is 2.08. The van der Waals surface area contributed by atoms with Gasteiger partial charge in [-0.3, -0.25) is 4.68 Å². The Bertz CT molecular complexity index is 578. The number of aromatic nitrogens is 2. The van der Waals surface area contributed by atoms with Crippen molar-refractivity contribution >= 4 is 5.69 Å². The average Bonchev–Trinajstić information content (AvgIpc) is 2.76. The molecule has 0 aliphatic carbocycles. The average molecular weight is 275 g/mol. The van der Waals surface area contributed by atoms with Gasteiger partial charge in [-0.05, 0) is 32.0 Å². The van der Waals surface area contributed by atoms with E-state index in [0.717, 1.165) is 28.3 Å². The molecule has 1 aromatic carbocycles. The van der Waals surface area contributed by atoms with E-state index in [-0.39, 0.29) is 6.61 Å². The zero-order chi connectivity index (χ0) is 14.5. The van der Waals surface area contributed by atoms with Gasteiger partial charge in [-0.25, -0.2) is 0 Å². The summed E-state index contributed by atoms with van der Waals surface area (Å²) >= 11 is 0. The lowest BCUT2D eigenvalue weighted by Crippen LogP contribution is -2.02. The van der Waals surface area contributed by atoms with Crippen LogP contribution in [0.25, 0.3) is 0 Å². The summed E-state index contributed by atoms with van der Waals surface area (Å²) in [6.45, 7) is 5.19. The van der Waals surface area contributed by atoms with Crippen LogP contribution in [0.4, 0.5) is 5.69 Å². The summed E-state index contributed by atoms with van der Waals surface area (Å²) in [4.78, 5) is 0. The Kier molecular flexibility index (Phi) is 4.63. The SMILES string of the molecule is CCOc1ccc(NCc2cn(C)nc2C)cc1CO. The number of hydrogen-bond acceptors (Lipinski definition) is 4. The number of aliphatic hydroxyl groups excluding tert-OH is 1. The number of ether oxygens (including phenoxy) is 1. The number of hydrogen-bond donors (Lipinski definition) is 2. The van der Waals surface area contributed by atoms with E-state index in [1.54, 1.807) is 0 Å². The highest BCUT2D eigenvalue weighted by Gasteiger charge is 2.06. The van der Waals surface area contributed by atoms with Crippen LogP contribution < -0.4 is 10.1 Å². The Morgan fingerprint density at radius 1 is 1.35 bits per heavy atom. The second-order valence-electron chi connectivity index (χ2n) is 4.68. The fourth-order valence-electron chi connectivity index (χ4n) is 2.13. The normalized spacial score (nSPS) is 10.6. The van der Waals surface area contributed by atoms with Crippen molar-refractivity contribution < 1.29 is 9.84 Å². The zero-order valence-corrected chi connectivity index (χ0v) is 12.2. The van der Waals surface area contributed by atoms with Gasteiger partial charge in [0.15, 0.2) is 0 Å². The maximum absolute atomic E-state index is 9.38. The molecule has 0 aliphatic heterocycles. The van der Waals surface area contributed by atoms with Gasteiger partial charge in [0.2, 0.25) is 0 Å². The minimum atomic E-state index is -0.0310. The highest BCUT2D eigenvalue weighted by Crippen LogP contribution is 2.23. The third-order valence-electron chi connectivity index (χ3n) is 3.13. The largest absolute Gasteiger partial charge is 0.494 e. The van der Waals surface area contributed by atoms with Crippen LogP contribution in [0.5, 0.6) is 5.75 Å². The molecule has 0 aliphatic rings. The first-order valence-corrected chi connectivity index (χ1v) is 6.73. The molecule has 2 rings (SSSR count). The predicted octanol–water partition coefficient (Wildman–Crippen LogP) is 2.23. The fourth-order valence-corrected chi connectivity index (χ4v) is 2.13. The number of rotatable bonds is 6. The van der Waals surface area contributed by atoms with Crippen molar-refractivity contribution in [1.29, 1.82) is 0 Å². The maximum Gasteiger partial charge on any atom is 0.124 e. The standard InChI is InChI=1S/C15H21N3O2/c1-4-20-15-6-5-14(7-12(15)10-19)16-8-13-9-18(3)17-11(13)2/h5-7,9,16,19H,4,8,10H2,1-3H3. The van der Waals surface area contributed by atoms with Crippen molar-refractivity contribution in [3.8, 4) is 5.75 Å². The third-order valence-corrected chi connectivity index (χ3v) is 3.13. The van der Waals surface area contributed by atoms with Gasteiger partial charge < -0.3 is 15.2 Å². The lowest BCUT2D eigenvalue weighted by Gasteiger charge is -2.11. The molecule has 108 valence electrons. The van der Waals surface area contributed by atoms with Crippen molar-refractivity contribution in [2.24, 2.45) is 7.05 Å². The second kappa shape index (κ2) is 6.43. The fraction of sp³-hybridized carbons (Fsp3) is 0.400. The lowest BCUT2D eigenvalue weighted by atomic mass is 10.1. The number of aliphatic hydroxyl groups is 1. The topological polar surface area (TPSA) is 59.3 Å². The van der Waals surface area contributed by atoms with Crippen LogP contribution in [-0.2, 0) is 20.2 Å². The van der Waals surface area contributed by atoms with Gasteiger partial charge in [0.25, 0.3) is 0 Å². The first-order valence-electron chi connectivity index (χ1n) is 6.73. The van der Waals surface area contributed by atoms with Crippen LogP contribution in [0.1, 0.15) is 23.7 Å². The van der Waals surface area contributed by atoms with Gasteiger partial charge in [-0.1, -0.05) is 0 Å². The summed E-state index contributed by atoms with van der Waals surface area (Å²) in [5.41, 5.74) is 3.93. The molecule has 0 spiro atoms. The van der Waals surface area contributed by atoms with E-state index in [4.69, 9.17) is 4.74 Å². The summed E-state index contributed by atoms with van der Waals surface area (Å²) in [6, 6.07) is 5.75. The Hall–Kier alpha value is -2.01. The monoisotopic (exact) mass is 275 g/mol. The molecule has 2 aromatic rings. The van der Waals surface area contributed by atoms with Gasteiger partial charge in [0, 0.05) is 36.6 Å². The highest BCUT2D eigenvalue weighted by atomic mass is 16.5. The van der Waals surface area contributed by atoms with E-state index in [2.05, 4.69) is 10.4 Å². The summed E-state index contributed by atoms with van der Waals surface area (Å²) in [5, 5.41) is 17.0. The van der Waals surface area contributed by atoms with Crippen molar-refractivity contribution in [3.63, 3.8) is 0 Å². The molecule has 0 saturated carbocycles. The molecular formula is C15H21N3O2. The van der Waals surface area contributed by atoms with Gasteiger partial charge in [0.05, 0.1) is 18.9 Å². The number of anilines is 1. The van der Waals surface area contributed by atoms with Crippen LogP contribution in [0.3, 0.4) is 0 Å². The third kappa shape index (κ3) is 3.30. The predicted molar refractivity (Wildman–Crippen MR) is 78.8 cm³/mol. The minimum absolute atomic E-state index is 0.0310. The van der Waals surface area contributed by atoms with E-state index in [1.165, 1.54) is 0 Å². The second-order valence-corrected chi connectivity index (χ2v) is 4.68. The highest BCUT2D eigenvalue weighted by molar-refractivity contribution is 5.51. The van der Waals surface area contributed by atoms with Gasteiger partial charge in [0.1, 0.15) is 5.75 Å². The van der Waals surface area contributed by atoms with Gasteiger partial charge >= 0.3 is 0 Å². The molecule has 5 nitrogen and oxygen atoms in total. The van der Waals surface area contributed by atoms with Crippen molar-refractivity contribution in [1.82, 2.24) is 9.78 Å².